The van der Waals surface area contributed by atoms with E-state index in [2.05, 4.69) is 65.0 Å². The molecule has 119 valence electrons. The first kappa shape index (κ1) is 17.5. The van der Waals surface area contributed by atoms with Gasteiger partial charge in [0, 0.05) is 0 Å². The Balaban J connectivity index is 2.32. The molecule has 2 aromatic carbocycles. The van der Waals surface area contributed by atoms with Crippen LogP contribution in [0.4, 0.5) is 0 Å². The molecule has 0 bridgehead atoms. The Hall–Kier alpha value is -0.357. The number of halogens is 2. The Kier molecular flexibility index (Phi) is 4.94. The molecule has 1 aliphatic rings. The minimum absolute atomic E-state index is 0.293. The zero-order valence-electron chi connectivity index (χ0n) is 14.2. The quantitative estimate of drug-likeness (QED) is 0.489. The third-order valence-corrected chi connectivity index (χ3v) is 10.5. The Morgan fingerprint density at radius 3 is 2.26 bits per heavy atom. The molecule has 0 fully saturated rings. The third kappa shape index (κ3) is 3.01. The normalized spacial score (nSPS) is 16.3. The fourth-order valence-electron chi connectivity index (χ4n) is 3.65. The van der Waals surface area contributed by atoms with Gasteiger partial charge in [0.1, 0.15) is 0 Å². The summed E-state index contributed by atoms with van der Waals surface area (Å²) in [6, 6.07) is 9.02. The summed E-state index contributed by atoms with van der Waals surface area (Å²) in [6.07, 6.45) is 2.31. The SMILES string of the molecule is CC1=Cc2c(ccc(C)c2-c2cc(C)cc(C)c2C)[CH]1[Zr]([Cl])[Cl]. The number of allylic oxidation sites excluding steroid dienone is 1. The van der Waals surface area contributed by atoms with Gasteiger partial charge in [0.25, 0.3) is 0 Å². The van der Waals surface area contributed by atoms with Crippen LogP contribution < -0.4 is 0 Å². The summed E-state index contributed by atoms with van der Waals surface area (Å²) in [7, 11) is 12.9. The van der Waals surface area contributed by atoms with Gasteiger partial charge < -0.3 is 0 Å². The van der Waals surface area contributed by atoms with E-state index in [0.717, 1.165) is 0 Å². The molecule has 0 spiro atoms. The van der Waals surface area contributed by atoms with Gasteiger partial charge in [-0.2, -0.15) is 0 Å². The van der Waals surface area contributed by atoms with E-state index in [9.17, 15) is 0 Å². The van der Waals surface area contributed by atoms with Crippen molar-refractivity contribution in [1.82, 2.24) is 0 Å². The number of hydrogen-bond acceptors (Lipinski definition) is 0. The van der Waals surface area contributed by atoms with E-state index in [1.54, 1.807) is 0 Å². The van der Waals surface area contributed by atoms with Gasteiger partial charge in [0.15, 0.2) is 0 Å². The van der Waals surface area contributed by atoms with Crippen LogP contribution in [-0.4, -0.2) is 0 Å². The molecular weight excluding hydrogens is 402 g/mol. The van der Waals surface area contributed by atoms with Crippen LogP contribution in [0, 0.1) is 27.7 Å². The Morgan fingerprint density at radius 2 is 1.61 bits per heavy atom. The van der Waals surface area contributed by atoms with Crippen molar-refractivity contribution in [2.45, 2.75) is 38.2 Å². The first-order valence-corrected chi connectivity index (χ1v) is 15.6. The molecule has 0 radical (unpaired) electrons. The zero-order chi connectivity index (χ0) is 16.9. The third-order valence-electron chi connectivity index (χ3n) is 4.93. The number of hydrogen-bond donors (Lipinski definition) is 0. The summed E-state index contributed by atoms with van der Waals surface area (Å²) in [4.78, 5) is 0. The van der Waals surface area contributed by atoms with Crippen LogP contribution in [-0.2, 0) is 19.4 Å². The fourth-order valence-corrected chi connectivity index (χ4v) is 9.33. The molecule has 23 heavy (non-hydrogen) atoms. The monoisotopic (exact) mass is 421 g/mol. The molecule has 1 aliphatic carbocycles. The van der Waals surface area contributed by atoms with Gasteiger partial charge in [-0.05, 0) is 0 Å². The van der Waals surface area contributed by atoms with Crippen LogP contribution in [0.2, 0.25) is 0 Å². The maximum atomic E-state index is 6.45. The summed E-state index contributed by atoms with van der Waals surface area (Å²) in [5, 5.41) is 0. The van der Waals surface area contributed by atoms with Gasteiger partial charge in [-0.1, -0.05) is 0 Å². The maximum absolute atomic E-state index is 6.45. The standard InChI is InChI=1S/C20H21.2ClH.Zr/c1-12-8-15(4)16(5)18(10-12)20-14(3)6-7-17-9-13(2)11-19(17)20;;;/h6-11H,1-5H3;2*1H;/q;;;+2/p-2. The van der Waals surface area contributed by atoms with E-state index in [1.807, 2.05) is 0 Å². The van der Waals surface area contributed by atoms with Crippen LogP contribution >= 0.6 is 17.0 Å². The van der Waals surface area contributed by atoms with Crippen molar-refractivity contribution in [3.8, 4) is 11.1 Å². The molecule has 3 heteroatoms. The molecule has 0 heterocycles. The molecule has 1 atom stereocenters. The van der Waals surface area contributed by atoms with Gasteiger partial charge in [-0.3, -0.25) is 0 Å². The number of benzene rings is 2. The average molecular weight is 424 g/mol. The van der Waals surface area contributed by atoms with Gasteiger partial charge in [0.05, 0.1) is 0 Å². The fraction of sp³-hybridized carbons (Fsp3) is 0.300. The minimum atomic E-state index is -2.38. The summed E-state index contributed by atoms with van der Waals surface area (Å²) in [5.74, 6) is 0. The van der Waals surface area contributed by atoms with E-state index in [0.29, 0.717) is 3.63 Å². The first-order chi connectivity index (χ1) is 10.8. The van der Waals surface area contributed by atoms with Crippen molar-refractivity contribution >= 4 is 23.1 Å². The molecule has 3 rings (SSSR count). The molecule has 0 aliphatic heterocycles. The summed E-state index contributed by atoms with van der Waals surface area (Å²) in [5.41, 5.74) is 12.0. The Labute approximate surface area is 154 Å². The number of rotatable bonds is 2. The predicted molar refractivity (Wildman–Crippen MR) is 98.9 cm³/mol. The van der Waals surface area contributed by atoms with Crippen molar-refractivity contribution in [3.63, 3.8) is 0 Å². The number of aryl methyl sites for hydroxylation is 3. The summed E-state index contributed by atoms with van der Waals surface area (Å²) >= 11 is -2.38. The van der Waals surface area contributed by atoms with E-state index in [-0.39, 0.29) is 0 Å². The summed E-state index contributed by atoms with van der Waals surface area (Å²) in [6.45, 7) is 10.9. The molecule has 0 saturated carbocycles. The van der Waals surface area contributed by atoms with Crippen LogP contribution in [0.3, 0.4) is 0 Å². The van der Waals surface area contributed by atoms with Crippen LogP contribution in [0.5, 0.6) is 0 Å². The van der Waals surface area contributed by atoms with E-state index >= 15 is 0 Å². The summed E-state index contributed by atoms with van der Waals surface area (Å²) < 4.78 is 0.293. The second-order valence-corrected chi connectivity index (χ2v) is 15.4. The van der Waals surface area contributed by atoms with Gasteiger partial charge in [-0.15, -0.1) is 0 Å². The van der Waals surface area contributed by atoms with Crippen molar-refractivity contribution in [1.29, 1.82) is 0 Å². The van der Waals surface area contributed by atoms with Crippen LogP contribution in [0.15, 0.2) is 29.8 Å². The predicted octanol–water partition coefficient (Wildman–Crippen LogP) is 6.97. The second kappa shape index (κ2) is 6.51. The molecule has 0 amide bonds. The molecule has 0 N–H and O–H groups in total. The van der Waals surface area contributed by atoms with Crippen molar-refractivity contribution < 1.29 is 19.4 Å². The number of fused-ring (bicyclic) bond motifs is 1. The second-order valence-electron chi connectivity index (χ2n) is 6.63. The van der Waals surface area contributed by atoms with E-state index in [1.165, 1.54) is 50.1 Å². The Morgan fingerprint density at radius 1 is 0.913 bits per heavy atom. The molecule has 0 nitrogen and oxygen atoms in total. The van der Waals surface area contributed by atoms with Crippen molar-refractivity contribution in [2.24, 2.45) is 0 Å². The van der Waals surface area contributed by atoms with Gasteiger partial charge in [0.2, 0.25) is 0 Å². The molecule has 0 aromatic heterocycles. The van der Waals surface area contributed by atoms with Crippen molar-refractivity contribution in [3.05, 3.63) is 63.2 Å². The average Bonchev–Trinajstić information content (AvgIpc) is 2.79. The van der Waals surface area contributed by atoms with Gasteiger partial charge >= 0.3 is 155 Å². The van der Waals surface area contributed by atoms with Crippen molar-refractivity contribution in [2.75, 3.05) is 0 Å². The molecule has 0 saturated heterocycles. The van der Waals surface area contributed by atoms with Crippen LogP contribution in [0.25, 0.3) is 17.2 Å². The topological polar surface area (TPSA) is 0 Å². The van der Waals surface area contributed by atoms with Gasteiger partial charge in [-0.25, -0.2) is 0 Å². The Bertz CT molecular complexity index is 819. The van der Waals surface area contributed by atoms with E-state index < -0.39 is 19.4 Å². The first-order valence-electron chi connectivity index (χ1n) is 7.89. The molecule has 1 unspecified atom stereocenters. The zero-order valence-corrected chi connectivity index (χ0v) is 18.2. The van der Waals surface area contributed by atoms with E-state index in [4.69, 9.17) is 17.0 Å². The molecule has 2 aromatic rings. The molecular formula is C20H21Cl2Zr. The van der Waals surface area contributed by atoms with Crippen LogP contribution in [0.1, 0.15) is 43.9 Å².